The monoisotopic (exact) mass is 441 g/mol. The van der Waals surface area contributed by atoms with E-state index in [0.29, 0.717) is 11.4 Å². The molecule has 4 rings (SSSR count). The van der Waals surface area contributed by atoms with E-state index in [-0.39, 0.29) is 29.7 Å². The van der Waals surface area contributed by atoms with Gasteiger partial charge in [0.1, 0.15) is 0 Å². The first-order chi connectivity index (χ1) is 14.8. The molecule has 1 N–H and O–H groups in total. The number of para-hydroxylation sites is 2. The number of fused-ring (bicyclic) bond motifs is 2. The number of nitrogens with one attached hydrogen (secondary N) is 1. The van der Waals surface area contributed by atoms with E-state index in [0.717, 1.165) is 35.6 Å². The fraction of sp³-hybridized carbons (Fsp3) is 0.391. The molecule has 0 saturated carbocycles. The maximum absolute atomic E-state index is 13.2. The Labute approximate surface area is 183 Å². The summed E-state index contributed by atoms with van der Waals surface area (Å²) >= 11 is 0. The molecule has 8 heteroatoms. The van der Waals surface area contributed by atoms with E-state index >= 15 is 0 Å². The largest absolute Gasteiger partial charge is 0.324 e. The van der Waals surface area contributed by atoms with E-state index in [4.69, 9.17) is 0 Å². The van der Waals surface area contributed by atoms with Gasteiger partial charge in [0.2, 0.25) is 21.8 Å². The Hall–Kier alpha value is -2.71. The van der Waals surface area contributed by atoms with Crippen LogP contribution in [0.3, 0.4) is 0 Å². The number of carbonyl (C=O) groups excluding carboxylic acids is 2. The second kappa shape index (κ2) is 8.43. The Morgan fingerprint density at radius 1 is 1.13 bits per heavy atom. The van der Waals surface area contributed by atoms with Crippen LogP contribution in [-0.2, 0) is 32.5 Å². The van der Waals surface area contributed by atoms with Crippen LogP contribution in [0, 0.1) is 0 Å². The normalized spacial score (nSPS) is 18.7. The lowest BCUT2D eigenvalue weighted by Crippen LogP contribution is -2.45. The first-order valence-corrected chi connectivity index (χ1v) is 12.0. The maximum atomic E-state index is 13.2. The van der Waals surface area contributed by atoms with E-state index in [1.54, 1.807) is 43.3 Å². The third-order valence-electron chi connectivity index (χ3n) is 6.01. The Kier molecular flexibility index (Phi) is 5.85. The van der Waals surface area contributed by atoms with E-state index in [9.17, 15) is 18.0 Å². The molecule has 1 atom stereocenters. The number of hydrogen-bond acceptors (Lipinski definition) is 4. The van der Waals surface area contributed by atoms with Gasteiger partial charge in [-0.1, -0.05) is 18.2 Å². The average molecular weight is 442 g/mol. The zero-order valence-corrected chi connectivity index (χ0v) is 18.6. The van der Waals surface area contributed by atoms with Gasteiger partial charge in [-0.3, -0.25) is 9.59 Å². The third-order valence-corrected chi connectivity index (χ3v) is 7.81. The molecule has 0 bridgehead atoms. The summed E-state index contributed by atoms with van der Waals surface area (Å²) in [5.41, 5.74) is 3.40. The number of benzene rings is 2. The molecule has 0 spiro atoms. The molecular formula is C23H27N3O4S. The van der Waals surface area contributed by atoms with Crippen LogP contribution in [-0.4, -0.2) is 44.2 Å². The molecule has 1 aliphatic carbocycles. The van der Waals surface area contributed by atoms with Crippen molar-refractivity contribution in [1.29, 1.82) is 0 Å². The highest BCUT2D eigenvalue weighted by Gasteiger charge is 2.32. The zero-order chi connectivity index (χ0) is 22.2. The van der Waals surface area contributed by atoms with Crippen LogP contribution in [0.5, 0.6) is 0 Å². The molecule has 1 heterocycles. The predicted molar refractivity (Wildman–Crippen MR) is 120 cm³/mol. The lowest BCUT2D eigenvalue weighted by Gasteiger charge is -2.29. The molecular weight excluding hydrogens is 414 g/mol. The molecule has 0 fully saturated rings. The minimum atomic E-state index is -3.82. The smallest absolute Gasteiger partial charge is 0.243 e. The van der Waals surface area contributed by atoms with E-state index < -0.39 is 16.1 Å². The summed E-state index contributed by atoms with van der Waals surface area (Å²) in [6.07, 6.45) is 4.18. The number of sulfonamides is 1. The molecule has 164 valence electrons. The lowest BCUT2D eigenvalue weighted by molar-refractivity contribution is -0.119. The highest BCUT2D eigenvalue weighted by atomic mass is 32.2. The Bertz CT molecular complexity index is 1130. The van der Waals surface area contributed by atoms with Gasteiger partial charge in [0, 0.05) is 19.5 Å². The second-order valence-electron chi connectivity index (χ2n) is 8.28. The van der Waals surface area contributed by atoms with Crippen LogP contribution in [0.2, 0.25) is 0 Å². The van der Waals surface area contributed by atoms with Crippen LogP contribution in [0.4, 0.5) is 11.4 Å². The van der Waals surface area contributed by atoms with Gasteiger partial charge in [0.25, 0.3) is 0 Å². The van der Waals surface area contributed by atoms with Crippen LogP contribution in [0.25, 0.3) is 0 Å². The first kappa shape index (κ1) is 21.5. The summed E-state index contributed by atoms with van der Waals surface area (Å²) in [5, 5.41) is 2.81. The number of carbonyl (C=O) groups is 2. The van der Waals surface area contributed by atoms with Crippen LogP contribution in [0.15, 0.2) is 47.4 Å². The molecule has 7 nitrogen and oxygen atoms in total. The van der Waals surface area contributed by atoms with Gasteiger partial charge in [-0.05, 0) is 68.0 Å². The SMILES string of the molecule is CC1CC(=O)Nc2ccccc2N1C(=O)CN(C)S(=O)(=O)c1ccc2c(c1)CCCC2. The molecule has 2 aromatic rings. The quantitative estimate of drug-likeness (QED) is 0.790. The number of likely N-dealkylation sites (N-methyl/N-ethyl adjacent to an activating group) is 1. The van der Waals surface area contributed by atoms with Crippen molar-refractivity contribution in [2.75, 3.05) is 23.8 Å². The molecule has 1 aliphatic heterocycles. The van der Waals surface area contributed by atoms with Gasteiger partial charge in [0.05, 0.1) is 22.8 Å². The predicted octanol–water partition coefficient (Wildman–Crippen LogP) is 2.95. The summed E-state index contributed by atoms with van der Waals surface area (Å²) in [5.74, 6) is -0.550. The average Bonchev–Trinajstić information content (AvgIpc) is 2.87. The highest BCUT2D eigenvalue weighted by Crippen LogP contribution is 2.32. The molecule has 0 radical (unpaired) electrons. The molecule has 0 aromatic heterocycles. The van der Waals surface area contributed by atoms with Gasteiger partial charge in [-0.25, -0.2) is 8.42 Å². The first-order valence-electron chi connectivity index (χ1n) is 10.6. The van der Waals surface area contributed by atoms with Crippen molar-refractivity contribution >= 4 is 33.2 Å². The lowest BCUT2D eigenvalue weighted by atomic mass is 9.92. The molecule has 0 saturated heterocycles. The number of nitrogens with zero attached hydrogens (tertiary/aromatic N) is 2. The molecule has 2 aromatic carbocycles. The standard InChI is InChI=1S/C23H27N3O4S/c1-16-13-22(27)24-20-9-5-6-10-21(20)26(16)23(28)15-25(2)31(29,30)19-12-11-17-7-3-4-8-18(17)14-19/h5-6,9-12,14,16H,3-4,7-8,13,15H2,1-2H3,(H,24,27). The number of hydrogen-bond donors (Lipinski definition) is 1. The van der Waals surface area contributed by atoms with Gasteiger partial charge in [0.15, 0.2) is 0 Å². The van der Waals surface area contributed by atoms with E-state index in [1.807, 2.05) is 6.07 Å². The van der Waals surface area contributed by atoms with Crippen LogP contribution < -0.4 is 10.2 Å². The number of anilines is 2. The Morgan fingerprint density at radius 2 is 1.84 bits per heavy atom. The summed E-state index contributed by atoms with van der Waals surface area (Å²) in [6.45, 7) is 1.48. The van der Waals surface area contributed by atoms with Crippen molar-refractivity contribution in [2.45, 2.75) is 50.0 Å². The molecule has 1 unspecified atom stereocenters. The Morgan fingerprint density at radius 3 is 2.61 bits per heavy atom. The fourth-order valence-electron chi connectivity index (χ4n) is 4.37. The van der Waals surface area contributed by atoms with Gasteiger partial charge in [-0.2, -0.15) is 4.31 Å². The van der Waals surface area contributed by atoms with Gasteiger partial charge < -0.3 is 10.2 Å². The summed E-state index contributed by atoms with van der Waals surface area (Å²) in [4.78, 5) is 27.1. The minimum Gasteiger partial charge on any atom is -0.324 e. The van der Waals surface area contributed by atoms with Gasteiger partial charge in [-0.15, -0.1) is 0 Å². The molecule has 2 aliphatic rings. The fourth-order valence-corrected chi connectivity index (χ4v) is 5.54. The molecule has 2 amide bonds. The van der Waals surface area contributed by atoms with Crippen molar-refractivity contribution < 1.29 is 18.0 Å². The Balaban J connectivity index is 1.58. The van der Waals surface area contributed by atoms with Crippen molar-refractivity contribution in [3.8, 4) is 0 Å². The van der Waals surface area contributed by atoms with E-state index in [1.165, 1.54) is 17.5 Å². The van der Waals surface area contributed by atoms with E-state index in [2.05, 4.69) is 5.32 Å². The van der Waals surface area contributed by atoms with Crippen molar-refractivity contribution in [3.05, 3.63) is 53.6 Å². The second-order valence-corrected chi connectivity index (χ2v) is 10.3. The highest BCUT2D eigenvalue weighted by molar-refractivity contribution is 7.89. The maximum Gasteiger partial charge on any atom is 0.243 e. The molecule has 31 heavy (non-hydrogen) atoms. The minimum absolute atomic E-state index is 0.141. The zero-order valence-electron chi connectivity index (χ0n) is 17.8. The number of amides is 2. The summed E-state index contributed by atoms with van der Waals surface area (Å²) < 4.78 is 27.4. The van der Waals surface area contributed by atoms with Crippen molar-refractivity contribution in [2.24, 2.45) is 0 Å². The summed E-state index contributed by atoms with van der Waals surface area (Å²) in [6, 6.07) is 11.9. The van der Waals surface area contributed by atoms with Crippen LogP contribution in [0.1, 0.15) is 37.3 Å². The van der Waals surface area contributed by atoms with Crippen molar-refractivity contribution in [1.82, 2.24) is 4.31 Å². The van der Waals surface area contributed by atoms with Gasteiger partial charge >= 0.3 is 0 Å². The topological polar surface area (TPSA) is 86.8 Å². The van der Waals surface area contributed by atoms with Crippen molar-refractivity contribution in [3.63, 3.8) is 0 Å². The summed E-state index contributed by atoms with van der Waals surface area (Å²) in [7, 11) is -2.40. The third kappa shape index (κ3) is 4.22. The van der Waals surface area contributed by atoms with Crippen LogP contribution >= 0.6 is 0 Å². The number of aryl methyl sites for hydroxylation is 2. The number of rotatable bonds is 4.